The van der Waals surface area contributed by atoms with Crippen molar-refractivity contribution in [3.8, 4) is 0 Å². The van der Waals surface area contributed by atoms with Crippen LogP contribution in [0.25, 0.3) is 0 Å². The maximum Gasteiger partial charge on any atom is 0.321 e. The number of hydrogen-bond donors (Lipinski definition) is 1. The summed E-state index contributed by atoms with van der Waals surface area (Å²) in [5.41, 5.74) is 5.62. The monoisotopic (exact) mass is 365 g/mol. The molecule has 0 heterocycles. The van der Waals surface area contributed by atoms with Gasteiger partial charge in [-0.3, -0.25) is 9.59 Å². The van der Waals surface area contributed by atoms with Gasteiger partial charge in [-0.1, -0.05) is 18.6 Å². The Bertz CT molecular complexity index is 568. The van der Waals surface area contributed by atoms with Gasteiger partial charge < -0.3 is 15.2 Å². The smallest absolute Gasteiger partial charge is 0.321 e. The standard InChI is InChI=1S/C21H35NO4/c1-8-13-9-14-11-21(12-22,15(14)10-13)16(17(23)25-19(2,3)4)18(24)26-20(5,6)7/h10,14-16H,8-9,11-12,22H2,1-7H3. The summed E-state index contributed by atoms with van der Waals surface area (Å²) in [5, 5.41) is 0. The first-order chi connectivity index (χ1) is 11.8. The number of hydrogen-bond acceptors (Lipinski definition) is 5. The zero-order valence-corrected chi connectivity index (χ0v) is 17.3. The predicted molar refractivity (Wildman–Crippen MR) is 101 cm³/mol. The summed E-state index contributed by atoms with van der Waals surface area (Å²) in [6.07, 6.45) is 5.04. The Balaban J connectivity index is 2.37. The van der Waals surface area contributed by atoms with Crippen LogP contribution in [0, 0.1) is 23.2 Å². The third-order valence-corrected chi connectivity index (χ3v) is 5.45. The Labute approximate surface area is 157 Å². The highest BCUT2D eigenvalue weighted by Gasteiger charge is 2.63. The zero-order chi connectivity index (χ0) is 19.9. The Morgan fingerprint density at radius 1 is 1.15 bits per heavy atom. The van der Waals surface area contributed by atoms with Crippen LogP contribution in [0.1, 0.15) is 67.7 Å². The van der Waals surface area contributed by atoms with E-state index in [4.69, 9.17) is 15.2 Å². The lowest BCUT2D eigenvalue weighted by Gasteiger charge is -2.54. The van der Waals surface area contributed by atoms with Crippen LogP contribution in [0.3, 0.4) is 0 Å². The summed E-state index contributed by atoms with van der Waals surface area (Å²) in [4.78, 5) is 26.0. The molecular formula is C21H35NO4. The number of esters is 2. The number of rotatable bonds is 5. The minimum Gasteiger partial charge on any atom is -0.459 e. The van der Waals surface area contributed by atoms with Crippen molar-refractivity contribution < 1.29 is 19.1 Å². The molecule has 3 atom stereocenters. The van der Waals surface area contributed by atoms with E-state index in [1.165, 1.54) is 5.57 Å². The molecule has 148 valence electrons. The molecule has 2 aliphatic carbocycles. The van der Waals surface area contributed by atoms with Crippen LogP contribution in [0.15, 0.2) is 11.6 Å². The van der Waals surface area contributed by atoms with Crippen LogP contribution >= 0.6 is 0 Å². The van der Waals surface area contributed by atoms with E-state index in [1.54, 1.807) is 41.5 Å². The minimum absolute atomic E-state index is 0.146. The molecule has 0 spiro atoms. The first-order valence-corrected chi connectivity index (χ1v) is 9.68. The van der Waals surface area contributed by atoms with Gasteiger partial charge in [0.05, 0.1) is 0 Å². The molecule has 1 saturated carbocycles. The van der Waals surface area contributed by atoms with Crippen molar-refractivity contribution in [2.75, 3.05) is 6.54 Å². The fraction of sp³-hybridized carbons (Fsp3) is 0.810. The SMILES string of the molecule is CCC1=CC2C(C1)CC2(CN)C(C(=O)OC(C)(C)C)C(=O)OC(C)(C)C. The van der Waals surface area contributed by atoms with Gasteiger partial charge in [0.25, 0.3) is 0 Å². The largest absolute Gasteiger partial charge is 0.459 e. The molecule has 0 saturated heterocycles. The lowest BCUT2D eigenvalue weighted by Crippen LogP contribution is -2.60. The van der Waals surface area contributed by atoms with Crippen LogP contribution < -0.4 is 5.73 Å². The normalized spacial score (nSPS) is 28.3. The van der Waals surface area contributed by atoms with Gasteiger partial charge in [-0.2, -0.15) is 0 Å². The van der Waals surface area contributed by atoms with E-state index in [9.17, 15) is 9.59 Å². The second-order valence-corrected chi connectivity index (χ2v) is 9.81. The summed E-state index contributed by atoms with van der Waals surface area (Å²) in [5.74, 6) is -1.41. The molecule has 5 heteroatoms. The molecule has 0 aliphatic heterocycles. The fourth-order valence-electron chi connectivity index (χ4n) is 4.42. The Kier molecular flexibility index (Phi) is 5.63. The van der Waals surface area contributed by atoms with E-state index in [0.29, 0.717) is 5.92 Å². The fourth-order valence-corrected chi connectivity index (χ4v) is 4.42. The van der Waals surface area contributed by atoms with Crippen LogP contribution in [-0.2, 0) is 19.1 Å². The maximum atomic E-state index is 13.0. The third-order valence-electron chi connectivity index (χ3n) is 5.45. The van der Waals surface area contributed by atoms with Gasteiger partial charge in [-0.15, -0.1) is 0 Å². The van der Waals surface area contributed by atoms with Gasteiger partial charge in [0.15, 0.2) is 5.92 Å². The highest BCUT2D eigenvalue weighted by molar-refractivity contribution is 5.96. The summed E-state index contributed by atoms with van der Waals surface area (Å²) in [7, 11) is 0. The molecule has 0 aromatic heterocycles. The van der Waals surface area contributed by atoms with Gasteiger partial charge in [-0.05, 0) is 79.2 Å². The number of carbonyl (C=O) groups is 2. The molecular weight excluding hydrogens is 330 g/mol. The van der Waals surface area contributed by atoms with Crippen molar-refractivity contribution in [2.45, 2.75) is 78.9 Å². The van der Waals surface area contributed by atoms with E-state index >= 15 is 0 Å². The summed E-state index contributed by atoms with van der Waals surface area (Å²) >= 11 is 0. The first kappa shape index (κ1) is 20.9. The van der Waals surface area contributed by atoms with Gasteiger partial charge in [0.2, 0.25) is 0 Å². The van der Waals surface area contributed by atoms with Crippen LogP contribution in [0.5, 0.6) is 0 Å². The molecule has 0 bridgehead atoms. The predicted octanol–water partition coefficient (Wildman–Crippen LogP) is 3.61. The van der Waals surface area contributed by atoms with E-state index in [-0.39, 0.29) is 12.5 Å². The van der Waals surface area contributed by atoms with Gasteiger partial charge in [0, 0.05) is 5.41 Å². The average Bonchev–Trinajstić information content (AvgIpc) is 2.78. The molecule has 1 fully saturated rings. The molecule has 3 unspecified atom stereocenters. The number of ether oxygens (including phenoxy) is 2. The highest BCUT2D eigenvalue weighted by Crippen LogP contribution is 2.61. The molecule has 2 rings (SSSR count). The van der Waals surface area contributed by atoms with Crippen LogP contribution in [0.4, 0.5) is 0 Å². The second-order valence-electron chi connectivity index (χ2n) is 9.81. The lowest BCUT2D eigenvalue weighted by molar-refractivity contribution is -0.191. The Morgan fingerprint density at radius 3 is 2.04 bits per heavy atom. The molecule has 5 nitrogen and oxygen atoms in total. The topological polar surface area (TPSA) is 78.6 Å². The third kappa shape index (κ3) is 4.13. The molecule has 0 amide bonds. The average molecular weight is 366 g/mol. The molecule has 0 aromatic carbocycles. The van der Waals surface area contributed by atoms with Gasteiger partial charge in [0.1, 0.15) is 11.2 Å². The first-order valence-electron chi connectivity index (χ1n) is 9.68. The van der Waals surface area contributed by atoms with Crippen molar-refractivity contribution in [3.63, 3.8) is 0 Å². The number of carbonyl (C=O) groups excluding carboxylic acids is 2. The van der Waals surface area contributed by atoms with E-state index in [1.807, 2.05) is 0 Å². The molecule has 0 aromatic rings. The zero-order valence-electron chi connectivity index (χ0n) is 17.3. The quantitative estimate of drug-likeness (QED) is 0.457. The van der Waals surface area contributed by atoms with Crippen LogP contribution in [0.2, 0.25) is 0 Å². The molecule has 2 aliphatic rings. The minimum atomic E-state index is -0.986. The van der Waals surface area contributed by atoms with E-state index < -0.39 is 34.5 Å². The lowest BCUT2D eigenvalue weighted by atomic mass is 9.49. The Hall–Kier alpha value is -1.36. The van der Waals surface area contributed by atoms with Gasteiger partial charge >= 0.3 is 11.9 Å². The Morgan fingerprint density at radius 2 is 1.65 bits per heavy atom. The van der Waals surface area contributed by atoms with Crippen molar-refractivity contribution in [2.24, 2.45) is 28.9 Å². The molecule has 26 heavy (non-hydrogen) atoms. The summed E-state index contributed by atoms with van der Waals surface area (Å²) in [6, 6.07) is 0. The summed E-state index contributed by atoms with van der Waals surface area (Å²) in [6.45, 7) is 13.2. The summed E-state index contributed by atoms with van der Waals surface area (Å²) < 4.78 is 11.2. The molecule has 0 radical (unpaired) electrons. The number of allylic oxidation sites excluding steroid dienone is 2. The molecule has 2 N–H and O–H groups in total. The van der Waals surface area contributed by atoms with Crippen LogP contribution in [-0.4, -0.2) is 29.7 Å². The highest BCUT2D eigenvalue weighted by atomic mass is 16.6. The van der Waals surface area contributed by atoms with Crippen molar-refractivity contribution in [3.05, 3.63) is 11.6 Å². The van der Waals surface area contributed by atoms with Crippen molar-refractivity contribution in [1.82, 2.24) is 0 Å². The van der Waals surface area contributed by atoms with Gasteiger partial charge in [-0.25, -0.2) is 0 Å². The number of fused-ring (bicyclic) bond motifs is 1. The van der Waals surface area contributed by atoms with E-state index in [2.05, 4.69) is 13.0 Å². The number of nitrogens with two attached hydrogens (primary N) is 1. The van der Waals surface area contributed by atoms with Crippen molar-refractivity contribution >= 4 is 11.9 Å². The van der Waals surface area contributed by atoms with Crippen molar-refractivity contribution in [1.29, 1.82) is 0 Å². The van der Waals surface area contributed by atoms with E-state index in [0.717, 1.165) is 19.3 Å². The maximum absolute atomic E-state index is 13.0. The second kappa shape index (κ2) is 6.99.